The van der Waals surface area contributed by atoms with Gasteiger partial charge in [0.05, 0.1) is 7.11 Å². The third-order valence-corrected chi connectivity index (χ3v) is 2.98. The van der Waals surface area contributed by atoms with Crippen LogP contribution >= 0.6 is 12.2 Å². The van der Waals surface area contributed by atoms with Crippen molar-refractivity contribution in [2.24, 2.45) is 5.92 Å². The summed E-state index contributed by atoms with van der Waals surface area (Å²) in [6.07, 6.45) is 0.961. The van der Waals surface area contributed by atoms with E-state index < -0.39 is 0 Å². The van der Waals surface area contributed by atoms with Crippen LogP contribution in [0.4, 0.5) is 0 Å². The maximum atomic E-state index is 5.24. The van der Waals surface area contributed by atoms with Crippen molar-refractivity contribution >= 4 is 12.2 Å². The Labute approximate surface area is 118 Å². The van der Waals surface area contributed by atoms with Gasteiger partial charge in [0, 0.05) is 11.3 Å². The SMILES string of the molecule is COc1cccc(-c2nc(=S)cc(CC(C)C)[nH]2)c1. The van der Waals surface area contributed by atoms with E-state index in [0.29, 0.717) is 10.6 Å². The highest BCUT2D eigenvalue weighted by molar-refractivity contribution is 7.71. The van der Waals surface area contributed by atoms with E-state index >= 15 is 0 Å². The minimum atomic E-state index is 0.575. The molecule has 1 aromatic heterocycles. The number of methoxy groups -OCH3 is 1. The minimum Gasteiger partial charge on any atom is -0.497 e. The topological polar surface area (TPSA) is 37.9 Å². The van der Waals surface area contributed by atoms with Crippen LogP contribution < -0.4 is 4.74 Å². The number of nitrogens with one attached hydrogen (secondary N) is 1. The molecule has 0 radical (unpaired) electrons. The second-order valence-corrected chi connectivity index (χ2v) is 5.34. The van der Waals surface area contributed by atoms with Crippen molar-refractivity contribution in [2.45, 2.75) is 20.3 Å². The highest BCUT2D eigenvalue weighted by Gasteiger charge is 2.05. The number of benzene rings is 1. The van der Waals surface area contributed by atoms with Crippen LogP contribution in [-0.2, 0) is 6.42 Å². The molecule has 100 valence electrons. The van der Waals surface area contributed by atoms with Crippen LogP contribution in [0.25, 0.3) is 11.4 Å². The Morgan fingerprint density at radius 2 is 2.11 bits per heavy atom. The van der Waals surface area contributed by atoms with Gasteiger partial charge in [-0.15, -0.1) is 0 Å². The van der Waals surface area contributed by atoms with Gasteiger partial charge in [0.15, 0.2) is 0 Å². The first-order valence-electron chi connectivity index (χ1n) is 6.33. The second-order valence-electron chi connectivity index (χ2n) is 4.92. The average molecular weight is 274 g/mol. The summed E-state index contributed by atoms with van der Waals surface area (Å²) >= 11 is 5.24. The van der Waals surface area contributed by atoms with Crippen LogP contribution in [0, 0.1) is 10.6 Å². The van der Waals surface area contributed by atoms with Gasteiger partial charge in [-0.05, 0) is 30.5 Å². The van der Waals surface area contributed by atoms with Crippen molar-refractivity contribution in [1.82, 2.24) is 9.97 Å². The summed E-state index contributed by atoms with van der Waals surface area (Å²) in [5.74, 6) is 2.18. The zero-order chi connectivity index (χ0) is 13.8. The van der Waals surface area contributed by atoms with E-state index in [1.165, 1.54) is 0 Å². The Kier molecular flexibility index (Phi) is 4.32. The summed E-state index contributed by atoms with van der Waals surface area (Å²) in [5.41, 5.74) is 2.10. The lowest BCUT2D eigenvalue weighted by Crippen LogP contribution is -2.00. The maximum Gasteiger partial charge on any atom is 0.139 e. The first-order valence-corrected chi connectivity index (χ1v) is 6.74. The summed E-state index contributed by atoms with van der Waals surface area (Å²) in [7, 11) is 1.66. The number of rotatable bonds is 4. The van der Waals surface area contributed by atoms with Crippen molar-refractivity contribution in [2.75, 3.05) is 7.11 Å². The molecule has 4 heteroatoms. The number of H-pyrrole nitrogens is 1. The van der Waals surface area contributed by atoms with E-state index in [1.54, 1.807) is 7.11 Å². The van der Waals surface area contributed by atoms with Crippen LogP contribution in [0.5, 0.6) is 5.75 Å². The van der Waals surface area contributed by atoms with Gasteiger partial charge in [0.1, 0.15) is 16.2 Å². The Hall–Kier alpha value is -1.68. The Bertz CT molecular complexity index is 620. The van der Waals surface area contributed by atoms with Gasteiger partial charge in [-0.1, -0.05) is 38.2 Å². The van der Waals surface area contributed by atoms with Gasteiger partial charge in [0.2, 0.25) is 0 Å². The zero-order valence-electron chi connectivity index (χ0n) is 11.4. The van der Waals surface area contributed by atoms with E-state index in [4.69, 9.17) is 17.0 Å². The first-order chi connectivity index (χ1) is 9.08. The molecule has 0 unspecified atom stereocenters. The summed E-state index contributed by atoms with van der Waals surface area (Å²) in [4.78, 5) is 7.74. The molecule has 0 spiro atoms. The Morgan fingerprint density at radius 3 is 2.79 bits per heavy atom. The number of aromatic nitrogens is 2. The minimum absolute atomic E-state index is 0.575. The highest BCUT2D eigenvalue weighted by atomic mass is 32.1. The van der Waals surface area contributed by atoms with Gasteiger partial charge in [-0.2, -0.15) is 0 Å². The van der Waals surface area contributed by atoms with Crippen LogP contribution in [-0.4, -0.2) is 17.1 Å². The average Bonchev–Trinajstić information content (AvgIpc) is 2.37. The molecule has 0 saturated carbocycles. The molecule has 2 rings (SSSR count). The van der Waals surface area contributed by atoms with Gasteiger partial charge in [0.25, 0.3) is 0 Å². The third kappa shape index (κ3) is 3.64. The second kappa shape index (κ2) is 5.97. The maximum absolute atomic E-state index is 5.24. The van der Waals surface area contributed by atoms with E-state index in [9.17, 15) is 0 Å². The van der Waals surface area contributed by atoms with Crippen molar-refractivity contribution in [3.63, 3.8) is 0 Å². The lowest BCUT2D eigenvalue weighted by Gasteiger charge is -2.09. The lowest BCUT2D eigenvalue weighted by molar-refractivity contribution is 0.415. The van der Waals surface area contributed by atoms with E-state index in [-0.39, 0.29) is 0 Å². The largest absolute Gasteiger partial charge is 0.497 e. The molecular formula is C15H18N2OS. The molecule has 0 aliphatic heterocycles. The summed E-state index contributed by atoms with van der Waals surface area (Å²) in [5, 5.41) is 0. The molecule has 1 aromatic carbocycles. The third-order valence-electron chi connectivity index (χ3n) is 2.77. The smallest absolute Gasteiger partial charge is 0.139 e. The van der Waals surface area contributed by atoms with Crippen molar-refractivity contribution < 1.29 is 4.74 Å². The van der Waals surface area contributed by atoms with Crippen LogP contribution in [0.15, 0.2) is 30.3 Å². The van der Waals surface area contributed by atoms with Crippen LogP contribution in [0.1, 0.15) is 19.5 Å². The number of hydrogen-bond acceptors (Lipinski definition) is 3. The standard InChI is InChI=1S/C15H18N2OS/c1-10(2)7-12-9-14(19)17-15(16-12)11-5-4-6-13(8-11)18-3/h4-6,8-10H,7H2,1-3H3,(H,16,17,19). The molecule has 0 fully saturated rings. The summed E-state index contributed by atoms with van der Waals surface area (Å²) < 4.78 is 5.85. The number of hydrogen-bond donors (Lipinski definition) is 1. The molecular weight excluding hydrogens is 256 g/mol. The van der Waals surface area contributed by atoms with E-state index in [0.717, 1.165) is 29.3 Å². The molecule has 3 nitrogen and oxygen atoms in total. The molecule has 1 N–H and O–H groups in total. The zero-order valence-corrected chi connectivity index (χ0v) is 12.3. The van der Waals surface area contributed by atoms with Gasteiger partial charge < -0.3 is 9.72 Å². The van der Waals surface area contributed by atoms with Crippen LogP contribution in [0.2, 0.25) is 0 Å². The monoisotopic (exact) mass is 274 g/mol. The Morgan fingerprint density at radius 1 is 1.32 bits per heavy atom. The van der Waals surface area contributed by atoms with Crippen LogP contribution in [0.3, 0.4) is 0 Å². The molecule has 0 saturated heterocycles. The van der Waals surface area contributed by atoms with Gasteiger partial charge >= 0.3 is 0 Å². The predicted octanol–water partition coefficient (Wildman–Crippen LogP) is 4.01. The fourth-order valence-electron chi connectivity index (χ4n) is 1.96. The van der Waals surface area contributed by atoms with E-state index in [2.05, 4.69) is 23.8 Å². The molecule has 1 heterocycles. The highest BCUT2D eigenvalue weighted by Crippen LogP contribution is 2.21. The fraction of sp³-hybridized carbons (Fsp3) is 0.333. The molecule has 2 aromatic rings. The number of ether oxygens (including phenoxy) is 1. The molecule has 0 bridgehead atoms. The molecule has 0 aliphatic carbocycles. The summed E-state index contributed by atoms with van der Waals surface area (Å²) in [6.45, 7) is 4.37. The van der Waals surface area contributed by atoms with Gasteiger partial charge in [-0.25, -0.2) is 4.98 Å². The van der Waals surface area contributed by atoms with E-state index in [1.807, 2.05) is 30.3 Å². The van der Waals surface area contributed by atoms with Crippen molar-refractivity contribution in [3.05, 3.63) is 40.7 Å². The lowest BCUT2D eigenvalue weighted by atomic mass is 10.1. The quantitative estimate of drug-likeness (QED) is 0.856. The molecule has 0 atom stereocenters. The fourth-order valence-corrected chi connectivity index (χ4v) is 2.20. The van der Waals surface area contributed by atoms with Crippen molar-refractivity contribution in [3.8, 4) is 17.1 Å². The summed E-state index contributed by atoms with van der Waals surface area (Å²) in [6, 6.07) is 9.74. The first kappa shape index (κ1) is 13.7. The normalized spacial score (nSPS) is 10.7. The van der Waals surface area contributed by atoms with Gasteiger partial charge in [-0.3, -0.25) is 0 Å². The number of nitrogens with zero attached hydrogens (tertiary/aromatic N) is 1. The molecule has 19 heavy (non-hydrogen) atoms. The molecule has 0 amide bonds. The molecule has 0 aliphatic rings. The van der Waals surface area contributed by atoms with Crippen molar-refractivity contribution in [1.29, 1.82) is 0 Å². The Balaban J connectivity index is 2.43. The predicted molar refractivity (Wildman–Crippen MR) is 80.0 cm³/mol. The number of aromatic amines is 1.